The zero-order valence-electron chi connectivity index (χ0n) is 4.66. The lowest BCUT2D eigenvalue weighted by molar-refractivity contribution is 0.0124. The van der Waals surface area contributed by atoms with E-state index in [2.05, 4.69) is 10.1 Å². The van der Waals surface area contributed by atoms with Crippen LogP contribution in [0.5, 0.6) is 0 Å². The molecule has 0 amide bonds. The molecule has 0 fully saturated rings. The van der Waals surface area contributed by atoms with Gasteiger partial charge < -0.3 is 4.74 Å². The van der Waals surface area contributed by atoms with Gasteiger partial charge in [-0.05, 0) is 7.05 Å². The number of hydrogen-bond acceptors (Lipinski definition) is 2. The SMILES string of the molecule is CNCOCC(F)F. The summed E-state index contributed by atoms with van der Waals surface area (Å²) in [4.78, 5) is 0. The molecule has 0 aromatic carbocycles. The van der Waals surface area contributed by atoms with Crippen molar-refractivity contribution in [3.63, 3.8) is 0 Å². The fourth-order valence-electron chi connectivity index (χ4n) is 0.250. The summed E-state index contributed by atoms with van der Waals surface area (Å²) in [6, 6.07) is 0. The molecular formula is C4H9F2NO. The first-order valence-electron chi connectivity index (χ1n) is 2.28. The van der Waals surface area contributed by atoms with Crippen LogP contribution in [0.2, 0.25) is 0 Å². The van der Waals surface area contributed by atoms with Gasteiger partial charge in [0, 0.05) is 0 Å². The lowest BCUT2D eigenvalue weighted by Gasteiger charge is -1.99. The van der Waals surface area contributed by atoms with Crippen LogP contribution < -0.4 is 5.32 Å². The molecule has 0 unspecified atom stereocenters. The molecule has 0 aromatic rings. The molecule has 0 atom stereocenters. The van der Waals surface area contributed by atoms with Gasteiger partial charge in [0.1, 0.15) is 6.61 Å². The van der Waals surface area contributed by atoms with Crippen LogP contribution in [0.25, 0.3) is 0 Å². The Balaban J connectivity index is 2.72. The summed E-state index contributed by atoms with van der Waals surface area (Å²) in [6.07, 6.45) is -2.36. The Morgan fingerprint density at radius 3 is 2.62 bits per heavy atom. The van der Waals surface area contributed by atoms with Gasteiger partial charge in [-0.25, -0.2) is 8.78 Å². The Morgan fingerprint density at radius 2 is 2.25 bits per heavy atom. The summed E-state index contributed by atoms with van der Waals surface area (Å²) < 4.78 is 26.8. The number of hydrogen-bond donors (Lipinski definition) is 1. The maximum absolute atomic E-state index is 11.2. The fourth-order valence-corrected chi connectivity index (χ4v) is 0.250. The summed E-state index contributed by atoms with van der Waals surface area (Å²) in [5.74, 6) is 0. The molecule has 4 heteroatoms. The molecule has 0 aliphatic heterocycles. The van der Waals surface area contributed by atoms with Crippen molar-refractivity contribution in [2.24, 2.45) is 0 Å². The minimum atomic E-state index is -2.36. The van der Waals surface area contributed by atoms with Crippen molar-refractivity contribution in [2.45, 2.75) is 6.43 Å². The highest BCUT2D eigenvalue weighted by Gasteiger charge is 1.98. The molecule has 0 aliphatic rings. The van der Waals surface area contributed by atoms with Crippen LogP contribution in [0.4, 0.5) is 8.78 Å². The average Bonchev–Trinajstić information content (AvgIpc) is 1.66. The number of nitrogens with one attached hydrogen (secondary N) is 1. The molecular weight excluding hydrogens is 116 g/mol. The second-order valence-corrected chi connectivity index (χ2v) is 1.26. The van der Waals surface area contributed by atoms with E-state index < -0.39 is 13.0 Å². The third kappa shape index (κ3) is 5.78. The van der Waals surface area contributed by atoms with E-state index in [1.54, 1.807) is 7.05 Å². The molecule has 50 valence electrons. The van der Waals surface area contributed by atoms with Crippen molar-refractivity contribution in [3.05, 3.63) is 0 Å². The van der Waals surface area contributed by atoms with Gasteiger partial charge in [-0.15, -0.1) is 0 Å². The Hall–Kier alpha value is -0.220. The van der Waals surface area contributed by atoms with Crippen molar-refractivity contribution < 1.29 is 13.5 Å². The van der Waals surface area contributed by atoms with Crippen LogP contribution >= 0.6 is 0 Å². The van der Waals surface area contributed by atoms with E-state index in [0.717, 1.165) is 0 Å². The number of alkyl halides is 2. The maximum Gasteiger partial charge on any atom is 0.261 e. The third-order valence-electron chi connectivity index (χ3n) is 0.490. The first-order valence-corrected chi connectivity index (χ1v) is 2.28. The smallest absolute Gasteiger partial charge is 0.261 e. The Bertz CT molecular complexity index is 51.3. The van der Waals surface area contributed by atoms with Gasteiger partial charge in [-0.1, -0.05) is 0 Å². The number of ether oxygens (including phenoxy) is 1. The van der Waals surface area contributed by atoms with Crippen LogP contribution in [-0.4, -0.2) is 26.8 Å². The van der Waals surface area contributed by atoms with E-state index in [1.165, 1.54) is 0 Å². The van der Waals surface area contributed by atoms with Gasteiger partial charge in [0.25, 0.3) is 6.43 Å². The highest BCUT2D eigenvalue weighted by Crippen LogP contribution is 1.90. The van der Waals surface area contributed by atoms with E-state index in [9.17, 15) is 8.78 Å². The molecule has 0 aliphatic carbocycles. The molecule has 0 bridgehead atoms. The molecule has 0 radical (unpaired) electrons. The zero-order valence-corrected chi connectivity index (χ0v) is 4.66. The minimum Gasteiger partial charge on any atom is -0.360 e. The zero-order chi connectivity index (χ0) is 6.41. The predicted octanol–water partition coefficient (Wildman–Crippen LogP) is 0.445. The van der Waals surface area contributed by atoms with Crippen molar-refractivity contribution in [1.29, 1.82) is 0 Å². The van der Waals surface area contributed by atoms with E-state index in [1.807, 2.05) is 0 Å². The fraction of sp³-hybridized carbons (Fsp3) is 1.00. The molecule has 0 saturated heterocycles. The van der Waals surface area contributed by atoms with Crippen LogP contribution in [-0.2, 0) is 4.74 Å². The predicted molar refractivity (Wildman–Crippen MR) is 25.9 cm³/mol. The first kappa shape index (κ1) is 7.78. The number of rotatable bonds is 4. The average molecular weight is 125 g/mol. The Labute approximate surface area is 46.8 Å². The van der Waals surface area contributed by atoms with Gasteiger partial charge >= 0.3 is 0 Å². The lowest BCUT2D eigenvalue weighted by atomic mass is 10.8. The van der Waals surface area contributed by atoms with Crippen molar-refractivity contribution in [2.75, 3.05) is 20.4 Å². The highest BCUT2D eigenvalue weighted by atomic mass is 19.3. The van der Waals surface area contributed by atoms with Crippen molar-refractivity contribution >= 4 is 0 Å². The molecule has 0 heterocycles. The van der Waals surface area contributed by atoms with Gasteiger partial charge in [-0.3, -0.25) is 5.32 Å². The third-order valence-corrected chi connectivity index (χ3v) is 0.490. The van der Waals surface area contributed by atoms with E-state index in [4.69, 9.17) is 0 Å². The van der Waals surface area contributed by atoms with E-state index in [-0.39, 0.29) is 6.73 Å². The molecule has 8 heavy (non-hydrogen) atoms. The topological polar surface area (TPSA) is 21.3 Å². The summed E-state index contributed by atoms with van der Waals surface area (Å²) >= 11 is 0. The van der Waals surface area contributed by atoms with E-state index in [0.29, 0.717) is 0 Å². The standard InChI is InChI=1S/C4H9F2NO/c1-7-3-8-2-4(5)6/h4,7H,2-3H2,1H3. The van der Waals surface area contributed by atoms with E-state index >= 15 is 0 Å². The molecule has 0 spiro atoms. The normalized spacial score (nSPS) is 10.5. The second-order valence-electron chi connectivity index (χ2n) is 1.26. The minimum absolute atomic E-state index is 0.185. The van der Waals surface area contributed by atoms with Crippen LogP contribution in [0, 0.1) is 0 Å². The number of halogens is 2. The van der Waals surface area contributed by atoms with Crippen LogP contribution in [0.3, 0.4) is 0 Å². The van der Waals surface area contributed by atoms with Gasteiger partial charge in [0.2, 0.25) is 0 Å². The quantitative estimate of drug-likeness (QED) is 0.435. The van der Waals surface area contributed by atoms with Gasteiger partial charge in [-0.2, -0.15) is 0 Å². The molecule has 0 rings (SSSR count). The van der Waals surface area contributed by atoms with Crippen molar-refractivity contribution in [1.82, 2.24) is 5.32 Å². The van der Waals surface area contributed by atoms with Crippen LogP contribution in [0.1, 0.15) is 0 Å². The maximum atomic E-state index is 11.2. The molecule has 2 nitrogen and oxygen atoms in total. The highest BCUT2D eigenvalue weighted by molar-refractivity contribution is 4.30. The summed E-state index contributed by atoms with van der Waals surface area (Å²) in [5, 5.41) is 2.57. The van der Waals surface area contributed by atoms with Crippen molar-refractivity contribution in [3.8, 4) is 0 Å². The summed E-state index contributed by atoms with van der Waals surface area (Å²) in [6.45, 7) is -0.300. The summed E-state index contributed by atoms with van der Waals surface area (Å²) in [7, 11) is 1.63. The first-order chi connectivity index (χ1) is 3.77. The second kappa shape index (κ2) is 4.93. The largest absolute Gasteiger partial charge is 0.360 e. The molecule has 0 saturated carbocycles. The van der Waals surface area contributed by atoms with Crippen LogP contribution in [0.15, 0.2) is 0 Å². The van der Waals surface area contributed by atoms with Gasteiger partial charge in [0.05, 0.1) is 6.73 Å². The summed E-state index contributed by atoms with van der Waals surface area (Å²) in [5.41, 5.74) is 0. The lowest BCUT2D eigenvalue weighted by Crippen LogP contribution is -2.15. The molecule has 1 N–H and O–H groups in total. The van der Waals surface area contributed by atoms with Gasteiger partial charge in [0.15, 0.2) is 0 Å². The molecule has 0 aromatic heterocycles. The Morgan fingerprint density at radius 1 is 1.62 bits per heavy atom. The monoisotopic (exact) mass is 125 g/mol. The Kier molecular flexibility index (Phi) is 4.79.